The molecule has 3 aliphatic heterocycles. The molecule has 3 aliphatic rings. The molecule has 3 saturated heterocycles. The van der Waals surface area contributed by atoms with Crippen molar-refractivity contribution >= 4 is 39.4 Å². The average molecular weight is 604 g/mol. The van der Waals surface area contributed by atoms with Crippen LogP contribution in [0.1, 0.15) is 43.7 Å². The molecule has 0 aromatic heterocycles. The topological polar surface area (TPSA) is 96.4 Å². The standard InChI is InChI=1S/C30H39BrN2O6/c1-6-9-10-15-38-29(37)22-23-27(35)33(20(8-3)17-34)26(30(23)16-21(31)25(22)39-30)28(36)32(14-7-2)24-18(4)12-11-13-19(24)5/h6-7,11-13,20-23,25-26,34H,1-2,8-10,14-17H2,3-5H3/t20-,21?,22-,23-,25-,26?,30?/m0/s1. The number of nitrogens with zero attached hydrogens (tertiary/aromatic N) is 2. The molecule has 0 radical (unpaired) electrons. The number of anilines is 1. The zero-order valence-corrected chi connectivity index (χ0v) is 24.6. The van der Waals surface area contributed by atoms with Gasteiger partial charge in [-0.2, -0.15) is 0 Å². The van der Waals surface area contributed by atoms with Crippen molar-refractivity contribution < 1.29 is 29.0 Å². The number of carbonyl (C=O) groups excluding carboxylic acids is 3. The summed E-state index contributed by atoms with van der Waals surface area (Å²) in [6.07, 6.45) is 5.00. The number of benzene rings is 1. The summed E-state index contributed by atoms with van der Waals surface area (Å²) in [6.45, 7) is 13.5. The molecule has 212 valence electrons. The monoisotopic (exact) mass is 602 g/mol. The van der Waals surface area contributed by atoms with Crippen molar-refractivity contribution in [1.82, 2.24) is 4.90 Å². The van der Waals surface area contributed by atoms with Crippen molar-refractivity contribution in [2.24, 2.45) is 11.8 Å². The molecule has 3 unspecified atom stereocenters. The van der Waals surface area contributed by atoms with E-state index < -0.39 is 41.6 Å². The Bertz CT molecular complexity index is 1120. The third-order valence-corrected chi connectivity index (χ3v) is 9.24. The second kappa shape index (κ2) is 11.9. The number of likely N-dealkylation sites (tertiary alicyclic amines) is 1. The van der Waals surface area contributed by atoms with Crippen LogP contribution in [0.15, 0.2) is 43.5 Å². The Morgan fingerprint density at radius 1 is 1.31 bits per heavy atom. The van der Waals surface area contributed by atoms with Gasteiger partial charge in [-0.15, -0.1) is 13.2 Å². The lowest BCUT2D eigenvalue weighted by atomic mass is 9.70. The lowest BCUT2D eigenvalue weighted by Crippen LogP contribution is -2.59. The van der Waals surface area contributed by atoms with Gasteiger partial charge in [0.2, 0.25) is 5.91 Å². The van der Waals surface area contributed by atoms with Gasteiger partial charge < -0.3 is 24.4 Å². The summed E-state index contributed by atoms with van der Waals surface area (Å²) in [4.78, 5) is 45.2. The number of rotatable bonds is 12. The van der Waals surface area contributed by atoms with Crippen LogP contribution in [0.3, 0.4) is 0 Å². The highest BCUT2D eigenvalue weighted by atomic mass is 79.9. The van der Waals surface area contributed by atoms with Crippen molar-refractivity contribution in [3.63, 3.8) is 0 Å². The minimum atomic E-state index is -1.23. The number of carbonyl (C=O) groups is 3. The largest absolute Gasteiger partial charge is 0.465 e. The number of aryl methyl sites for hydroxylation is 2. The van der Waals surface area contributed by atoms with Crippen molar-refractivity contribution in [2.45, 2.75) is 75.1 Å². The van der Waals surface area contributed by atoms with Crippen molar-refractivity contribution in [3.8, 4) is 0 Å². The summed E-state index contributed by atoms with van der Waals surface area (Å²) in [6, 6.07) is 4.20. The normalized spacial score (nSPS) is 29.7. The molecule has 3 heterocycles. The lowest BCUT2D eigenvalue weighted by Gasteiger charge is -2.39. The van der Waals surface area contributed by atoms with Crippen molar-refractivity contribution in [2.75, 3.05) is 24.7 Å². The first-order valence-electron chi connectivity index (χ1n) is 13.7. The molecule has 9 heteroatoms. The quantitative estimate of drug-likeness (QED) is 0.169. The van der Waals surface area contributed by atoms with Gasteiger partial charge in [-0.25, -0.2) is 0 Å². The van der Waals surface area contributed by atoms with Gasteiger partial charge in [0.25, 0.3) is 5.91 Å². The third-order valence-electron chi connectivity index (χ3n) is 8.39. The Morgan fingerprint density at radius 3 is 2.59 bits per heavy atom. The summed E-state index contributed by atoms with van der Waals surface area (Å²) in [5.74, 6) is -2.86. The zero-order valence-electron chi connectivity index (χ0n) is 23.0. The molecule has 2 bridgehead atoms. The van der Waals surface area contributed by atoms with E-state index in [0.717, 1.165) is 16.8 Å². The first kappa shape index (κ1) is 29.5. The zero-order chi connectivity index (χ0) is 28.5. The molecule has 2 amide bonds. The summed E-state index contributed by atoms with van der Waals surface area (Å²) in [5, 5.41) is 10.3. The number of fused-ring (bicyclic) bond motifs is 1. The Kier molecular flexibility index (Phi) is 9.03. The van der Waals surface area contributed by atoms with E-state index >= 15 is 0 Å². The second-order valence-electron chi connectivity index (χ2n) is 10.7. The number of para-hydroxylation sites is 1. The molecule has 0 aliphatic carbocycles. The fourth-order valence-corrected chi connectivity index (χ4v) is 7.66. The predicted octanol–water partition coefficient (Wildman–Crippen LogP) is 3.85. The predicted molar refractivity (Wildman–Crippen MR) is 153 cm³/mol. The van der Waals surface area contributed by atoms with Gasteiger partial charge in [0.05, 0.1) is 37.2 Å². The number of esters is 1. The van der Waals surface area contributed by atoms with Gasteiger partial charge in [0.15, 0.2) is 0 Å². The van der Waals surface area contributed by atoms with E-state index in [-0.39, 0.29) is 36.4 Å². The SMILES string of the molecule is C=CCCCOC(=O)[C@H]1[C@H]2C(=O)N([C@@H](CC)CO)C(C(=O)N(CC=C)c3c(C)cccc3C)C23CC(Br)[C@@H]1O3. The number of ether oxygens (including phenoxy) is 2. The molecule has 39 heavy (non-hydrogen) atoms. The number of hydrogen-bond acceptors (Lipinski definition) is 6. The maximum atomic E-state index is 14.7. The van der Waals surface area contributed by atoms with E-state index in [1.54, 1.807) is 17.1 Å². The molecule has 1 spiro atoms. The molecule has 1 N–H and O–H groups in total. The number of allylic oxidation sites excluding steroid dienone is 1. The van der Waals surface area contributed by atoms with Gasteiger partial charge in [0, 0.05) is 17.1 Å². The number of hydrogen-bond donors (Lipinski definition) is 1. The molecular weight excluding hydrogens is 564 g/mol. The van der Waals surface area contributed by atoms with Crippen LogP contribution in [-0.2, 0) is 23.9 Å². The first-order valence-corrected chi connectivity index (χ1v) is 14.6. The maximum Gasteiger partial charge on any atom is 0.312 e. The highest BCUT2D eigenvalue weighted by molar-refractivity contribution is 9.09. The highest BCUT2D eigenvalue weighted by Gasteiger charge is 2.77. The maximum absolute atomic E-state index is 14.7. The second-order valence-corrected chi connectivity index (χ2v) is 11.9. The molecule has 7 atom stereocenters. The van der Waals surface area contributed by atoms with E-state index in [2.05, 4.69) is 29.1 Å². The van der Waals surface area contributed by atoms with Crippen LogP contribution in [0.25, 0.3) is 0 Å². The Labute approximate surface area is 239 Å². The van der Waals surface area contributed by atoms with Crippen molar-refractivity contribution in [1.29, 1.82) is 0 Å². The van der Waals surface area contributed by atoms with E-state index in [0.29, 0.717) is 25.7 Å². The Hall–Kier alpha value is -2.49. The van der Waals surface area contributed by atoms with Crippen LogP contribution >= 0.6 is 15.9 Å². The summed E-state index contributed by atoms with van der Waals surface area (Å²) < 4.78 is 12.2. The van der Waals surface area contributed by atoms with Crippen LogP contribution in [0.2, 0.25) is 0 Å². The van der Waals surface area contributed by atoms with Crippen LogP contribution in [0.5, 0.6) is 0 Å². The molecule has 4 rings (SSSR count). The lowest BCUT2D eigenvalue weighted by molar-refractivity contribution is -0.155. The van der Waals surface area contributed by atoms with Crippen LogP contribution in [-0.4, -0.2) is 76.2 Å². The Balaban J connectivity index is 1.80. The average Bonchev–Trinajstić information content (AvgIpc) is 3.50. The van der Waals surface area contributed by atoms with Gasteiger partial charge in [-0.1, -0.05) is 53.2 Å². The van der Waals surface area contributed by atoms with Gasteiger partial charge >= 0.3 is 5.97 Å². The molecule has 8 nitrogen and oxygen atoms in total. The van der Waals surface area contributed by atoms with Gasteiger partial charge in [-0.05, 0) is 50.7 Å². The first-order chi connectivity index (χ1) is 18.7. The number of aliphatic hydroxyl groups is 1. The van der Waals surface area contributed by atoms with Crippen LogP contribution < -0.4 is 4.90 Å². The fraction of sp³-hybridized carbons (Fsp3) is 0.567. The minimum absolute atomic E-state index is 0.217. The van der Waals surface area contributed by atoms with E-state index in [9.17, 15) is 19.5 Å². The third kappa shape index (κ3) is 4.87. The smallest absolute Gasteiger partial charge is 0.312 e. The number of aliphatic hydroxyl groups excluding tert-OH is 1. The number of amides is 2. The van der Waals surface area contributed by atoms with E-state index in [1.165, 1.54) is 4.90 Å². The number of halogens is 1. The molecule has 1 aromatic carbocycles. The van der Waals surface area contributed by atoms with Crippen molar-refractivity contribution in [3.05, 3.63) is 54.6 Å². The summed E-state index contributed by atoms with van der Waals surface area (Å²) >= 11 is 3.69. The fourth-order valence-electron chi connectivity index (χ4n) is 6.72. The summed E-state index contributed by atoms with van der Waals surface area (Å²) in [7, 11) is 0. The molecule has 0 saturated carbocycles. The highest BCUT2D eigenvalue weighted by Crippen LogP contribution is 2.61. The van der Waals surface area contributed by atoms with Crippen LogP contribution in [0.4, 0.5) is 5.69 Å². The molecule has 1 aromatic rings. The van der Waals surface area contributed by atoms with E-state index in [1.807, 2.05) is 39.0 Å². The molecule has 3 fully saturated rings. The van der Waals surface area contributed by atoms with Crippen LogP contribution in [0, 0.1) is 25.7 Å². The van der Waals surface area contributed by atoms with Gasteiger partial charge in [-0.3, -0.25) is 14.4 Å². The Morgan fingerprint density at radius 2 is 2.00 bits per heavy atom. The minimum Gasteiger partial charge on any atom is -0.465 e. The van der Waals surface area contributed by atoms with Gasteiger partial charge in [0.1, 0.15) is 11.6 Å². The number of alkyl halides is 1. The molecular formula is C30H39BrN2O6. The summed E-state index contributed by atoms with van der Waals surface area (Å²) in [5.41, 5.74) is 1.37. The van der Waals surface area contributed by atoms with E-state index in [4.69, 9.17) is 9.47 Å². The number of unbranched alkanes of at least 4 members (excludes halogenated alkanes) is 1.